The molecule has 2 heterocycles. The number of benzene rings is 1. The van der Waals surface area contributed by atoms with Crippen molar-refractivity contribution in [2.24, 2.45) is 0 Å². The zero-order valence-corrected chi connectivity index (χ0v) is 12.5. The van der Waals surface area contributed by atoms with E-state index in [0.717, 1.165) is 24.9 Å². The normalized spacial score (nSPS) is 33.0. The summed E-state index contributed by atoms with van der Waals surface area (Å²) in [6.45, 7) is 3.40. The van der Waals surface area contributed by atoms with Crippen molar-refractivity contribution < 1.29 is 9.59 Å². The minimum atomic E-state index is -0.704. The maximum absolute atomic E-state index is 12.5. The smallest absolute Gasteiger partial charge is 0.238 e. The van der Waals surface area contributed by atoms with E-state index in [1.807, 2.05) is 25.1 Å². The summed E-state index contributed by atoms with van der Waals surface area (Å²) < 4.78 is 0. The number of hydrogen-bond donors (Lipinski definition) is 1. The molecule has 0 saturated carbocycles. The van der Waals surface area contributed by atoms with E-state index in [-0.39, 0.29) is 17.7 Å². The Kier molecular flexibility index (Phi) is 3.81. The molecule has 3 atom stereocenters. The van der Waals surface area contributed by atoms with Crippen LogP contribution in [-0.4, -0.2) is 41.3 Å². The second-order valence-electron chi connectivity index (χ2n) is 6.38. The molecule has 1 N–H and O–H groups in total. The number of hydrogen-bond acceptors (Lipinski definition) is 3. The summed E-state index contributed by atoms with van der Waals surface area (Å²) in [5.41, 5.74) is 0.458. The van der Waals surface area contributed by atoms with Crippen LogP contribution in [0.15, 0.2) is 30.3 Å². The van der Waals surface area contributed by atoms with Crippen molar-refractivity contribution >= 4 is 11.7 Å². The lowest BCUT2D eigenvalue weighted by molar-refractivity contribution is -0.142. The van der Waals surface area contributed by atoms with Gasteiger partial charge in [0.05, 0.1) is 6.04 Å². The van der Waals surface area contributed by atoms with Gasteiger partial charge in [-0.1, -0.05) is 30.3 Å². The standard InChI is InChI=1S/C17H22N2O2/c1-17-12-19(10-6-5-9-15(17)20)14(16(21)18-17)11-13-7-3-2-4-8-13/h2-4,7-8,14H,5-6,9-12H2,1H3,(H,18,21)/t14-,17+/m0/s1. The van der Waals surface area contributed by atoms with Crippen LogP contribution in [0.1, 0.15) is 31.7 Å². The molecule has 21 heavy (non-hydrogen) atoms. The van der Waals surface area contributed by atoms with Gasteiger partial charge in [-0.15, -0.1) is 0 Å². The third-order valence-corrected chi connectivity index (χ3v) is 4.65. The molecule has 2 aliphatic rings. The first-order valence-electron chi connectivity index (χ1n) is 7.72. The molecule has 2 fully saturated rings. The Bertz CT molecular complexity index is 543. The van der Waals surface area contributed by atoms with Gasteiger partial charge in [-0.05, 0) is 38.3 Å². The second kappa shape index (κ2) is 5.60. The van der Waals surface area contributed by atoms with Crippen LogP contribution in [0.2, 0.25) is 0 Å². The first-order valence-corrected chi connectivity index (χ1v) is 7.72. The van der Waals surface area contributed by atoms with Gasteiger partial charge in [0.2, 0.25) is 5.91 Å². The summed E-state index contributed by atoms with van der Waals surface area (Å²) in [5.74, 6) is 0.154. The van der Waals surface area contributed by atoms with Gasteiger partial charge in [-0.2, -0.15) is 0 Å². The van der Waals surface area contributed by atoms with E-state index < -0.39 is 5.54 Å². The van der Waals surface area contributed by atoms with Gasteiger partial charge in [-0.3, -0.25) is 14.5 Å². The van der Waals surface area contributed by atoms with Crippen LogP contribution in [0.4, 0.5) is 0 Å². The topological polar surface area (TPSA) is 49.4 Å². The molecule has 1 unspecified atom stereocenters. The second-order valence-corrected chi connectivity index (χ2v) is 6.38. The van der Waals surface area contributed by atoms with E-state index in [1.165, 1.54) is 0 Å². The van der Waals surface area contributed by atoms with Gasteiger partial charge >= 0.3 is 0 Å². The lowest BCUT2D eigenvalue weighted by Crippen LogP contribution is -2.69. The minimum Gasteiger partial charge on any atom is -0.341 e. The van der Waals surface area contributed by atoms with Crippen molar-refractivity contribution in [3.63, 3.8) is 0 Å². The molecular weight excluding hydrogens is 264 g/mol. The fourth-order valence-electron chi connectivity index (χ4n) is 3.41. The quantitative estimate of drug-likeness (QED) is 0.897. The number of amides is 1. The van der Waals surface area contributed by atoms with Crippen molar-refractivity contribution in [2.75, 3.05) is 13.1 Å². The van der Waals surface area contributed by atoms with Crippen LogP contribution in [-0.2, 0) is 16.0 Å². The number of carbonyl (C=O) groups is 2. The van der Waals surface area contributed by atoms with Gasteiger partial charge in [0.1, 0.15) is 5.54 Å². The van der Waals surface area contributed by atoms with Gasteiger partial charge in [0.25, 0.3) is 0 Å². The van der Waals surface area contributed by atoms with E-state index in [1.54, 1.807) is 0 Å². The number of nitrogens with zero attached hydrogens (tertiary/aromatic N) is 1. The maximum Gasteiger partial charge on any atom is 0.238 e. The number of piperazine rings is 1. The molecule has 0 spiro atoms. The number of nitrogens with one attached hydrogen (secondary N) is 1. The molecular formula is C17H22N2O2. The Morgan fingerprint density at radius 2 is 2.00 bits per heavy atom. The van der Waals surface area contributed by atoms with E-state index in [4.69, 9.17) is 0 Å². The summed E-state index contributed by atoms with van der Waals surface area (Å²) in [6, 6.07) is 9.92. The largest absolute Gasteiger partial charge is 0.341 e. The number of Topliss-reactive ketones (excluding diaryl/α,β-unsaturated/α-hetero) is 1. The molecule has 4 nitrogen and oxygen atoms in total. The van der Waals surface area contributed by atoms with Crippen LogP contribution >= 0.6 is 0 Å². The lowest BCUT2D eigenvalue weighted by atomic mass is 9.85. The molecule has 0 aromatic heterocycles. The molecule has 2 saturated heterocycles. The van der Waals surface area contributed by atoms with Crippen LogP contribution in [0, 0.1) is 0 Å². The van der Waals surface area contributed by atoms with Crippen LogP contribution < -0.4 is 5.32 Å². The Hall–Kier alpha value is -1.68. The van der Waals surface area contributed by atoms with Gasteiger partial charge in [0.15, 0.2) is 5.78 Å². The van der Waals surface area contributed by atoms with Gasteiger partial charge < -0.3 is 5.32 Å². The van der Waals surface area contributed by atoms with Crippen LogP contribution in [0.25, 0.3) is 0 Å². The summed E-state index contributed by atoms with van der Waals surface area (Å²) in [7, 11) is 0. The highest BCUT2D eigenvalue weighted by molar-refractivity contribution is 5.95. The highest BCUT2D eigenvalue weighted by Gasteiger charge is 2.45. The van der Waals surface area contributed by atoms with E-state index in [9.17, 15) is 9.59 Å². The zero-order valence-electron chi connectivity index (χ0n) is 12.5. The Labute approximate surface area is 125 Å². The van der Waals surface area contributed by atoms with Crippen molar-refractivity contribution in [1.82, 2.24) is 10.2 Å². The average Bonchev–Trinajstić information content (AvgIpc) is 2.46. The number of carbonyl (C=O) groups excluding carboxylic acids is 2. The van der Waals surface area contributed by atoms with E-state index in [0.29, 0.717) is 19.4 Å². The number of rotatable bonds is 2. The van der Waals surface area contributed by atoms with Gasteiger partial charge in [-0.25, -0.2) is 0 Å². The summed E-state index contributed by atoms with van der Waals surface area (Å²) in [6.07, 6.45) is 3.18. The molecule has 4 heteroatoms. The molecule has 3 rings (SSSR count). The molecule has 0 aliphatic carbocycles. The van der Waals surface area contributed by atoms with E-state index in [2.05, 4.69) is 22.3 Å². The van der Waals surface area contributed by atoms with Crippen molar-refractivity contribution in [3.05, 3.63) is 35.9 Å². The number of ketones is 1. The predicted molar refractivity (Wildman–Crippen MR) is 80.9 cm³/mol. The van der Waals surface area contributed by atoms with Crippen molar-refractivity contribution in [2.45, 2.75) is 44.2 Å². The summed E-state index contributed by atoms with van der Waals surface area (Å²) in [4.78, 5) is 27.0. The maximum atomic E-state index is 12.5. The molecule has 112 valence electrons. The first-order chi connectivity index (χ1) is 10.1. The van der Waals surface area contributed by atoms with Crippen molar-refractivity contribution in [3.8, 4) is 0 Å². The highest BCUT2D eigenvalue weighted by Crippen LogP contribution is 2.25. The van der Waals surface area contributed by atoms with Crippen LogP contribution in [0.5, 0.6) is 0 Å². The Morgan fingerprint density at radius 1 is 1.24 bits per heavy atom. The fraction of sp³-hybridized carbons (Fsp3) is 0.529. The van der Waals surface area contributed by atoms with E-state index >= 15 is 0 Å². The Morgan fingerprint density at radius 3 is 2.76 bits per heavy atom. The van der Waals surface area contributed by atoms with Crippen LogP contribution in [0.3, 0.4) is 0 Å². The molecule has 1 aromatic rings. The summed E-state index contributed by atoms with van der Waals surface area (Å²) >= 11 is 0. The molecule has 2 bridgehead atoms. The minimum absolute atomic E-state index is 0.0112. The SMILES string of the molecule is C[C@@]12CN(CCCCC1=O)[C@@H](Cc1ccccc1)C(=O)N2. The lowest BCUT2D eigenvalue weighted by Gasteiger charge is -2.45. The first kappa shape index (κ1) is 14.3. The molecule has 0 radical (unpaired) electrons. The third-order valence-electron chi connectivity index (χ3n) is 4.65. The fourth-order valence-corrected chi connectivity index (χ4v) is 3.41. The zero-order chi connectivity index (χ0) is 14.9. The third kappa shape index (κ3) is 2.86. The molecule has 1 amide bonds. The van der Waals surface area contributed by atoms with Gasteiger partial charge in [0, 0.05) is 13.0 Å². The molecule has 2 aliphatic heterocycles. The highest BCUT2D eigenvalue weighted by atomic mass is 16.2. The Balaban J connectivity index is 1.82. The predicted octanol–water partition coefficient (Wildman–Crippen LogP) is 1.54. The van der Waals surface area contributed by atoms with Crippen molar-refractivity contribution in [1.29, 1.82) is 0 Å². The average molecular weight is 286 g/mol. The summed E-state index contributed by atoms with van der Waals surface area (Å²) in [5, 5.41) is 2.98. The number of fused-ring (bicyclic) bond motifs is 2. The molecule has 1 aromatic carbocycles. The monoisotopic (exact) mass is 286 g/mol.